The number of amides is 2. The minimum Gasteiger partial charge on any atom is -0.451 e. The molecule has 4 aromatic rings. The molecule has 2 fully saturated rings. The summed E-state index contributed by atoms with van der Waals surface area (Å²) < 4.78 is 7.30. The van der Waals surface area contributed by atoms with E-state index in [0.717, 1.165) is 16.6 Å². The van der Waals surface area contributed by atoms with E-state index in [-0.39, 0.29) is 23.8 Å². The van der Waals surface area contributed by atoms with Gasteiger partial charge in [-0.05, 0) is 50.1 Å². The Balaban J connectivity index is 1.28. The molecule has 4 heterocycles. The molecule has 0 radical (unpaired) electrons. The number of hydrogen-bond donors (Lipinski definition) is 4. The highest BCUT2D eigenvalue weighted by atomic mass is 16.3. The molecule has 2 amide bonds. The maximum absolute atomic E-state index is 13.1. The molecule has 2 aromatic carbocycles. The largest absolute Gasteiger partial charge is 0.451 e. The van der Waals surface area contributed by atoms with Crippen molar-refractivity contribution in [3.8, 4) is 0 Å². The van der Waals surface area contributed by atoms with Gasteiger partial charge in [-0.2, -0.15) is 5.10 Å². The number of aryl methyl sites for hydroxylation is 2. The Morgan fingerprint density at radius 1 is 1.11 bits per heavy atom. The fourth-order valence-electron chi connectivity index (χ4n) is 4.90. The van der Waals surface area contributed by atoms with Crippen LogP contribution in [-0.2, 0) is 4.79 Å². The number of anilines is 2. The molecule has 10 nitrogen and oxygen atoms in total. The predicted octanol–water partition coefficient (Wildman–Crippen LogP) is 2.95. The van der Waals surface area contributed by atoms with Crippen LogP contribution in [0.15, 0.2) is 59.0 Å². The highest BCUT2D eigenvalue weighted by Gasteiger charge is 2.45. The fourth-order valence-corrected chi connectivity index (χ4v) is 4.90. The fraction of sp³-hybridized carbons (Fsp3) is 0.269. The zero-order valence-electron chi connectivity index (χ0n) is 20.2. The Hall–Kier alpha value is -4.15. The van der Waals surface area contributed by atoms with Gasteiger partial charge in [0.15, 0.2) is 12.0 Å². The van der Waals surface area contributed by atoms with Crippen molar-refractivity contribution in [1.29, 1.82) is 0 Å². The molecule has 36 heavy (non-hydrogen) atoms. The number of hydrazine groups is 1. The summed E-state index contributed by atoms with van der Waals surface area (Å²) in [5, 5.41) is 16.8. The number of rotatable bonds is 4. The average Bonchev–Trinajstić information content (AvgIpc) is 3.57. The summed E-state index contributed by atoms with van der Waals surface area (Å²) in [6.45, 7) is 6.49. The summed E-state index contributed by atoms with van der Waals surface area (Å²) in [6.07, 6.45) is -0.960. The molecule has 2 aliphatic heterocycles. The van der Waals surface area contributed by atoms with E-state index in [1.54, 1.807) is 16.8 Å². The second-order valence-corrected chi connectivity index (χ2v) is 9.30. The second kappa shape index (κ2) is 8.51. The summed E-state index contributed by atoms with van der Waals surface area (Å²) in [5.74, 6) is -0.132. The van der Waals surface area contributed by atoms with Crippen LogP contribution in [0.3, 0.4) is 0 Å². The molecule has 4 N–H and O–H groups in total. The highest BCUT2D eigenvalue weighted by Crippen LogP contribution is 2.31. The van der Waals surface area contributed by atoms with Crippen molar-refractivity contribution in [3.63, 3.8) is 0 Å². The molecule has 3 atom stereocenters. The molecule has 3 unspecified atom stereocenters. The van der Waals surface area contributed by atoms with E-state index in [0.29, 0.717) is 23.6 Å². The van der Waals surface area contributed by atoms with Crippen LogP contribution in [-0.4, -0.2) is 34.3 Å². The zero-order chi connectivity index (χ0) is 25.0. The summed E-state index contributed by atoms with van der Waals surface area (Å²) in [5.41, 5.74) is 8.04. The van der Waals surface area contributed by atoms with Gasteiger partial charge in [0, 0.05) is 18.0 Å². The standard InChI is InChI=1S/C26H27N7O3/c1-14-7-6-9-19(16(14)3)32-23-18(13-27-32)24(34)30-26(29-23)33-22(11-15(2)31-33)28-25(35)21-12-17-8-4-5-10-20(17)36-21/h4-12,18,23,26-27,29H,13H2,1-3H3,(H,28,35)(H,30,34). The van der Waals surface area contributed by atoms with Gasteiger partial charge in [0.2, 0.25) is 5.91 Å². The van der Waals surface area contributed by atoms with Gasteiger partial charge in [-0.15, -0.1) is 0 Å². The lowest BCUT2D eigenvalue weighted by molar-refractivity contribution is -0.129. The molecule has 2 aromatic heterocycles. The maximum atomic E-state index is 13.1. The number of nitrogens with zero attached hydrogens (tertiary/aromatic N) is 3. The second-order valence-electron chi connectivity index (χ2n) is 9.30. The molecule has 0 aliphatic carbocycles. The van der Waals surface area contributed by atoms with Gasteiger partial charge in [-0.3, -0.25) is 19.9 Å². The molecular formula is C26H27N7O3. The van der Waals surface area contributed by atoms with Gasteiger partial charge in [-0.25, -0.2) is 10.1 Å². The third-order valence-electron chi connectivity index (χ3n) is 6.91. The summed E-state index contributed by atoms with van der Waals surface area (Å²) >= 11 is 0. The number of benzene rings is 2. The van der Waals surface area contributed by atoms with Crippen molar-refractivity contribution >= 4 is 34.3 Å². The average molecular weight is 486 g/mol. The molecule has 2 saturated heterocycles. The smallest absolute Gasteiger partial charge is 0.292 e. The first-order chi connectivity index (χ1) is 17.4. The number of hydrogen-bond acceptors (Lipinski definition) is 7. The first kappa shape index (κ1) is 22.3. The quantitative estimate of drug-likeness (QED) is 0.351. The monoisotopic (exact) mass is 485 g/mol. The van der Waals surface area contributed by atoms with Crippen molar-refractivity contribution < 1.29 is 14.0 Å². The summed E-state index contributed by atoms with van der Waals surface area (Å²) in [7, 11) is 0. The van der Waals surface area contributed by atoms with Crippen molar-refractivity contribution in [3.05, 3.63) is 77.2 Å². The van der Waals surface area contributed by atoms with Crippen molar-refractivity contribution in [1.82, 2.24) is 25.8 Å². The Bertz CT molecular complexity index is 1460. The van der Waals surface area contributed by atoms with Gasteiger partial charge in [0.25, 0.3) is 5.91 Å². The molecule has 0 spiro atoms. The SMILES string of the molecule is Cc1cc(NC(=O)c2cc3ccccc3o2)n(C2NC(=O)C3CNN(c4cccc(C)c4C)C3N2)n1. The van der Waals surface area contributed by atoms with Crippen molar-refractivity contribution in [2.45, 2.75) is 33.2 Å². The van der Waals surface area contributed by atoms with Gasteiger partial charge in [0.05, 0.1) is 17.3 Å². The molecule has 2 aliphatic rings. The van der Waals surface area contributed by atoms with Crippen LogP contribution in [0.2, 0.25) is 0 Å². The van der Waals surface area contributed by atoms with Gasteiger partial charge in [-0.1, -0.05) is 30.3 Å². The Kier molecular flexibility index (Phi) is 5.27. The van der Waals surface area contributed by atoms with E-state index >= 15 is 0 Å². The van der Waals surface area contributed by atoms with Crippen LogP contribution in [0.5, 0.6) is 0 Å². The zero-order valence-corrected chi connectivity index (χ0v) is 20.2. The van der Waals surface area contributed by atoms with Gasteiger partial charge >= 0.3 is 0 Å². The number of fused-ring (bicyclic) bond motifs is 2. The minimum absolute atomic E-state index is 0.0910. The lowest BCUT2D eigenvalue weighted by Crippen LogP contribution is -2.62. The van der Waals surface area contributed by atoms with Gasteiger partial charge < -0.3 is 15.1 Å². The topological polar surface area (TPSA) is 116 Å². The summed E-state index contributed by atoms with van der Waals surface area (Å²) in [4.78, 5) is 26.1. The third kappa shape index (κ3) is 3.71. The lowest BCUT2D eigenvalue weighted by atomic mass is 10.0. The third-order valence-corrected chi connectivity index (χ3v) is 6.91. The van der Waals surface area contributed by atoms with E-state index in [4.69, 9.17) is 4.42 Å². The highest BCUT2D eigenvalue weighted by molar-refractivity contribution is 6.04. The van der Waals surface area contributed by atoms with Crippen molar-refractivity contribution in [2.24, 2.45) is 5.92 Å². The predicted molar refractivity (Wildman–Crippen MR) is 135 cm³/mol. The van der Waals surface area contributed by atoms with Gasteiger partial charge in [0.1, 0.15) is 17.6 Å². The van der Waals surface area contributed by atoms with E-state index in [2.05, 4.69) is 46.4 Å². The Morgan fingerprint density at radius 3 is 2.78 bits per heavy atom. The van der Waals surface area contributed by atoms with E-state index in [1.165, 1.54) is 5.56 Å². The van der Waals surface area contributed by atoms with E-state index < -0.39 is 12.2 Å². The number of nitrogens with one attached hydrogen (secondary N) is 4. The number of aromatic nitrogens is 2. The molecule has 0 saturated carbocycles. The van der Waals surface area contributed by atoms with Crippen LogP contribution >= 0.6 is 0 Å². The first-order valence-electron chi connectivity index (χ1n) is 11.9. The van der Waals surface area contributed by atoms with Crippen LogP contribution in [0.4, 0.5) is 11.5 Å². The Morgan fingerprint density at radius 2 is 1.94 bits per heavy atom. The number of furan rings is 1. The number of carbonyl (C=O) groups is 2. The van der Waals surface area contributed by atoms with E-state index in [1.807, 2.05) is 48.3 Å². The Labute approximate surface area is 207 Å². The van der Waals surface area contributed by atoms with Crippen LogP contribution in [0.25, 0.3) is 11.0 Å². The van der Waals surface area contributed by atoms with Crippen molar-refractivity contribution in [2.75, 3.05) is 16.9 Å². The molecule has 0 bridgehead atoms. The summed E-state index contributed by atoms with van der Waals surface area (Å²) in [6, 6.07) is 17.0. The molecule has 6 rings (SSSR count). The number of carbonyl (C=O) groups excluding carboxylic acids is 2. The lowest BCUT2D eigenvalue weighted by Gasteiger charge is -2.38. The maximum Gasteiger partial charge on any atom is 0.292 e. The first-order valence-corrected chi connectivity index (χ1v) is 11.9. The minimum atomic E-state index is -0.661. The van der Waals surface area contributed by atoms with E-state index in [9.17, 15) is 9.59 Å². The number of para-hydroxylation sites is 1. The van der Waals surface area contributed by atoms with Crippen LogP contribution < -0.4 is 26.4 Å². The molecular weight excluding hydrogens is 458 g/mol. The van der Waals surface area contributed by atoms with Crippen LogP contribution in [0, 0.1) is 26.7 Å². The van der Waals surface area contributed by atoms with Crippen LogP contribution in [0.1, 0.15) is 33.7 Å². The molecule has 10 heteroatoms. The normalized spacial score (nSPS) is 21.5. The molecule has 184 valence electrons.